The summed E-state index contributed by atoms with van der Waals surface area (Å²) in [7, 11) is 1.77. The molecule has 1 aromatic carbocycles. The molecule has 0 aliphatic heterocycles. The molecule has 3 nitrogen and oxygen atoms in total. The van der Waals surface area contributed by atoms with Crippen LogP contribution in [0, 0.1) is 5.82 Å². The second-order valence-corrected chi connectivity index (χ2v) is 5.31. The lowest BCUT2D eigenvalue weighted by Crippen LogP contribution is -2.23. The van der Waals surface area contributed by atoms with Gasteiger partial charge in [0.1, 0.15) is 5.82 Å². The largest absolute Gasteiger partial charge is 0.308 e. The van der Waals surface area contributed by atoms with Gasteiger partial charge >= 0.3 is 0 Å². The summed E-state index contributed by atoms with van der Waals surface area (Å²) in [5.41, 5.74) is 1.29. The Morgan fingerprint density at radius 1 is 1.53 bits per heavy atom. The maximum atomic E-state index is 14.1. The SMILES string of the molecule is CCn1ncc(Br)c1C(NC)c1c(F)cccc1Cl. The fourth-order valence-electron chi connectivity index (χ4n) is 2.12. The van der Waals surface area contributed by atoms with Gasteiger partial charge in [-0.15, -0.1) is 0 Å². The number of nitrogens with zero attached hydrogens (tertiary/aromatic N) is 2. The zero-order chi connectivity index (χ0) is 14.0. The first-order chi connectivity index (χ1) is 9.10. The lowest BCUT2D eigenvalue weighted by molar-refractivity contribution is 0.532. The van der Waals surface area contributed by atoms with Gasteiger partial charge in [-0.2, -0.15) is 5.10 Å². The molecule has 19 heavy (non-hydrogen) atoms. The molecule has 2 rings (SSSR count). The maximum Gasteiger partial charge on any atom is 0.129 e. The van der Waals surface area contributed by atoms with Crippen LogP contribution in [-0.4, -0.2) is 16.8 Å². The lowest BCUT2D eigenvalue weighted by Gasteiger charge is -2.20. The summed E-state index contributed by atoms with van der Waals surface area (Å²) in [5, 5.41) is 7.75. The maximum absolute atomic E-state index is 14.1. The summed E-state index contributed by atoms with van der Waals surface area (Å²) in [6, 6.07) is 4.34. The summed E-state index contributed by atoms with van der Waals surface area (Å²) < 4.78 is 16.7. The third-order valence-corrected chi connectivity index (χ3v) is 3.92. The van der Waals surface area contributed by atoms with Gasteiger partial charge in [0.2, 0.25) is 0 Å². The monoisotopic (exact) mass is 345 g/mol. The minimum Gasteiger partial charge on any atom is -0.308 e. The lowest BCUT2D eigenvalue weighted by atomic mass is 10.0. The molecule has 0 aliphatic carbocycles. The number of hydrogen-bond donors (Lipinski definition) is 1. The van der Waals surface area contributed by atoms with Gasteiger partial charge in [-0.25, -0.2) is 4.39 Å². The van der Waals surface area contributed by atoms with Crippen LogP contribution < -0.4 is 5.32 Å². The van der Waals surface area contributed by atoms with E-state index < -0.39 is 0 Å². The second kappa shape index (κ2) is 6.03. The fourth-order valence-corrected chi connectivity index (χ4v) is 2.91. The molecular formula is C13H14BrClFN3. The zero-order valence-corrected chi connectivity index (χ0v) is 13.0. The van der Waals surface area contributed by atoms with Crippen molar-refractivity contribution in [3.63, 3.8) is 0 Å². The van der Waals surface area contributed by atoms with E-state index in [4.69, 9.17) is 11.6 Å². The molecule has 0 amide bonds. The predicted octanol–water partition coefficient (Wildman–Crippen LogP) is 3.77. The predicted molar refractivity (Wildman–Crippen MR) is 77.9 cm³/mol. The number of rotatable bonds is 4. The van der Waals surface area contributed by atoms with E-state index in [1.165, 1.54) is 6.07 Å². The van der Waals surface area contributed by atoms with E-state index in [1.54, 1.807) is 25.4 Å². The van der Waals surface area contributed by atoms with Crippen molar-refractivity contribution in [1.82, 2.24) is 15.1 Å². The van der Waals surface area contributed by atoms with Gasteiger partial charge in [-0.3, -0.25) is 4.68 Å². The molecule has 0 radical (unpaired) electrons. The van der Waals surface area contributed by atoms with Crippen LogP contribution in [0.15, 0.2) is 28.9 Å². The van der Waals surface area contributed by atoms with Crippen LogP contribution in [0.3, 0.4) is 0 Å². The summed E-state index contributed by atoms with van der Waals surface area (Å²) in [5.74, 6) is -0.331. The van der Waals surface area contributed by atoms with E-state index in [1.807, 2.05) is 11.6 Å². The first kappa shape index (κ1) is 14.5. The van der Waals surface area contributed by atoms with Crippen molar-refractivity contribution >= 4 is 27.5 Å². The van der Waals surface area contributed by atoms with Crippen molar-refractivity contribution in [3.05, 3.63) is 51.0 Å². The topological polar surface area (TPSA) is 29.9 Å². The Kier molecular flexibility index (Phi) is 4.60. The van der Waals surface area contributed by atoms with Crippen LogP contribution in [0.5, 0.6) is 0 Å². The van der Waals surface area contributed by atoms with Crippen molar-refractivity contribution in [2.24, 2.45) is 0 Å². The van der Waals surface area contributed by atoms with Gasteiger partial charge in [-0.05, 0) is 42.0 Å². The smallest absolute Gasteiger partial charge is 0.129 e. The average Bonchev–Trinajstić information content (AvgIpc) is 2.75. The van der Waals surface area contributed by atoms with Crippen molar-refractivity contribution in [3.8, 4) is 0 Å². The highest BCUT2D eigenvalue weighted by Gasteiger charge is 2.24. The summed E-state index contributed by atoms with van der Waals surface area (Å²) in [6.07, 6.45) is 1.71. The number of halogens is 3. The van der Waals surface area contributed by atoms with Gasteiger partial charge in [0.05, 0.1) is 22.4 Å². The third-order valence-electron chi connectivity index (χ3n) is 2.98. The number of benzene rings is 1. The molecule has 1 atom stereocenters. The Morgan fingerprint density at radius 3 is 2.84 bits per heavy atom. The summed E-state index contributed by atoms with van der Waals surface area (Å²) >= 11 is 9.60. The van der Waals surface area contributed by atoms with Gasteiger partial charge in [-0.1, -0.05) is 17.7 Å². The van der Waals surface area contributed by atoms with Crippen molar-refractivity contribution < 1.29 is 4.39 Å². The average molecular weight is 347 g/mol. The minimum atomic E-state index is -0.356. The second-order valence-electron chi connectivity index (χ2n) is 4.05. The molecule has 0 bridgehead atoms. The van der Waals surface area contributed by atoms with Crippen LogP contribution in [0.2, 0.25) is 5.02 Å². The highest BCUT2D eigenvalue weighted by atomic mass is 79.9. The van der Waals surface area contributed by atoms with E-state index in [0.717, 1.165) is 10.2 Å². The van der Waals surface area contributed by atoms with Crippen molar-refractivity contribution in [2.75, 3.05) is 7.05 Å². The number of aromatic nitrogens is 2. The Labute approximate surface area is 124 Å². The molecule has 0 spiro atoms. The number of hydrogen-bond acceptors (Lipinski definition) is 2. The summed E-state index contributed by atoms with van der Waals surface area (Å²) in [4.78, 5) is 0. The van der Waals surface area contributed by atoms with Crippen LogP contribution in [0.25, 0.3) is 0 Å². The molecule has 6 heteroatoms. The van der Waals surface area contributed by atoms with Gasteiger partial charge < -0.3 is 5.32 Å². The van der Waals surface area contributed by atoms with Crippen molar-refractivity contribution in [1.29, 1.82) is 0 Å². The molecule has 0 saturated carbocycles. The Morgan fingerprint density at radius 2 is 2.26 bits per heavy atom. The Balaban J connectivity index is 2.59. The van der Waals surface area contributed by atoms with E-state index >= 15 is 0 Å². The highest BCUT2D eigenvalue weighted by Crippen LogP contribution is 2.33. The summed E-state index contributed by atoms with van der Waals surface area (Å²) in [6.45, 7) is 2.68. The highest BCUT2D eigenvalue weighted by molar-refractivity contribution is 9.10. The molecule has 0 aliphatic rings. The molecule has 102 valence electrons. The van der Waals surface area contributed by atoms with Gasteiger partial charge in [0.25, 0.3) is 0 Å². The quantitative estimate of drug-likeness (QED) is 0.913. The van der Waals surface area contributed by atoms with Crippen molar-refractivity contribution in [2.45, 2.75) is 19.5 Å². The standard InChI is InChI=1S/C13H14BrClFN3/c1-3-19-13(8(14)7-18-19)12(17-2)11-9(15)5-4-6-10(11)16/h4-7,12,17H,3H2,1-2H3. The Bertz CT molecular complexity index is 565. The van der Waals surface area contributed by atoms with E-state index in [9.17, 15) is 4.39 Å². The normalized spacial score (nSPS) is 12.7. The molecule has 0 fully saturated rings. The fraction of sp³-hybridized carbons (Fsp3) is 0.308. The number of aryl methyl sites for hydroxylation is 1. The van der Waals surface area contributed by atoms with Crippen LogP contribution in [0.4, 0.5) is 4.39 Å². The van der Waals surface area contributed by atoms with Crippen LogP contribution in [-0.2, 0) is 6.54 Å². The number of nitrogens with one attached hydrogen (secondary N) is 1. The van der Waals surface area contributed by atoms with E-state index in [-0.39, 0.29) is 11.9 Å². The molecule has 1 N–H and O–H groups in total. The van der Waals surface area contributed by atoms with Gasteiger partial charge in [0, 0.05) is 17.1 Å². The molecule has 2 aromatic rings. The molecule has 0 saturated heterocycles. The van der Waals surface area contributed by atoms with E-state index in [0.29, 0.717) is 17.1 Å². The Hall–Kier alpha value is -0.910. The molecular weight excluding hydrogens is 333 g/mol. The zero-order valence-electron chi connectivity index (χ0n) is 10.6. The minimum absolute atomic E-state index is 0.331. The van der Waals surface area contributed by atoms with Crippen LogP contribution in [0.1, 0.15) is 24.2 Å². The molecule has 1 unspecified atom stereocenters. The third kappa shape index (κ3) is 2.68. The van der Waals surface area contributed by atoms with Gasteiger partial charge in [0.15, 0.2) is 0 Å². The first-order valence-corrected chi connectivity index (χ1v) is 7.09. The van der Waals surface area contributed by atoms with Crippen LogP contribution >= 0.6 is 27.5 Å². The molecule has 1 heterocycles. The molecule has 1 aromatic heterocycles. The first-order valence-electron chi connectivity index (χ1n) is 5.92. The van der Waals surface area contributed by atoms with E-state index in [2.05, 4.69) is 26.3 Å².